The molecule has 4 heterocycles. The minimum absolute atomic E-state index is 0.557. The zero-order valence-electron chi connectivity index (χ0n) is 42.3. The Kier molecular flexibility index (Phi) is 11.7. The van der Waals surface area contributed by atoms with Crippen molar-refractivity contribution in [1.29, 1.82) is 0 Å². The van der Waals surface area contributed by atoms with Gasteiger partial charge in [-0.1, -0.05) is 202 Å². The Morgan fingerprint density at radius 2 is 1.06 bits per heavy atom. The molecule has 7 heteroatoms. The van der Waals surface area contributed by atoms with E-state index in [0.29, 0.717) is 17.6 Å². The highest BCUT2D eigenvalue weighted by atomic mass is 31.1. The maximum Gasteiger partial charge on any atom is 0.238 e. The lowest BCUT2D eigenvalue weighted by Gasteiger charge is -2.23. The van der Waals surface area contributed by atoms with Gasteiger partial charge in [-0.25, -0.2) is 4.98 Å². The molecule has 0 amide bonds. The molecule has 366 valence electrons. The van der Waals surface area contributed by atoms with Crippen LogP contribution in [0.2, 0.25) is 0 Å². The third-order valence-electron chi connectivity index (χ3n) is 14.9. The van der Waals surface area contributed by atoms with Gasteiger partial charge in [-0.05, 0) is 124 Å². The summed E-state index contributed by atoms with van der Waals surface area (Å²) < 4.78 is 9.29. The van der Waals surface area contributed by atoms with Crippen molar-refractivity contribution in [2.75, 3.05) is 4.90 Å². The lowest BCUT2D eigenvalue weighted by atomic mass is 9.93. The molecule has 6 nitrogen and oxygen atoms in total. The molecule has 4 aromatic heterocycles. The summed E-state index contributed by atoms with van der Waals surface area (Å²) in [6, 6.07) is 92.8. The van der Waals surface area contributed by atoms with Gasteiger partial charge in [0.15, 0.2) is 11.6 Å². The van der Waals surface area contributed by atoms with Crippen LogP contribution in [0.25, 0.3) is 99.3 Å². The summed E-state index contributed by atoms with van der Waals surface area (Å²) in [4.78, 5) is 17.9. The van der Waals surface area contributed by atoms with Gasteiger partial charge in [0.05, 0.1) is 11.0 Å². The second-order valence-corrected chi connectivity index (χ2v) is 21.8. The fraction of sp³-hybridized carbons (Fsp3) is 0.0429. The first-order chi connectivity index (χ1) is 38.1. The van der Waals surface area contributed by atoms with Gasteiger partial charge < -0.3 is 4.42 Å². The molecule has 0 aliphatic heterocycles. The quantitative estimate of drug-likeness (QED) is 0.122. The van der Waals surface area contributed by atoms with Crippen LogP contribution in [-0.2, 0) is 12.8 Å². The summed E-state index contributed by atoms with van der Waals surface area (Å²) in [6.45, 7) is 2.19. The van der Waals surface area contributed by atoms with Crippen molar-refractivity contribution in [1.82, 2.24) is 19.5 Å². The normalized spacial score (nSPS) is 11.8. The van der Waals surface area contributed by atoms with Crippen molar-refractivity contribution in [3.05, 3.63) is 278 Å². The standard InChI is InChI=1S/C70H50N5OP/c1-47-21-14-16-33-56(47)57-34-17-15-23-49(57)38-37-48-22-20-30-54(43-48)74(53-28-10-4-11-29-53)67-42-41-64(76-67)52-39-40-62-59(44-52)60-45-61-58-35-18-19-36-65(58)77(55-31-12-5-13-32-55)66(61)46-63(60)75(62)70-72-68(50-24-6-2-7-25-50)71-69(73-70)51-26-8-3-9-27-51/h2-36,39-46H,37-38H2,1H3. The zero-order chi connectivity index (χ0) is 51.2. The molecule has 0 N–H and O–H groups in total. The number of fused-ring (bicyclic) bond motifs is 6. The van der Waals surface area contributed by atoms with Gasteiger partial charge >= 0.3 is 0 Å². The molecular weight excluding hydrogens is 958 g/mol. The van der Waals surface area contributed by atoms with Crippen LogP contribution in [0.15, 0.2) is 265 Å². The third kappa shape index (κ3) is 8.46. The molecule has 0 saturated carbocycles. The smallest absolute Gasteiger partial charge is 0.238 e. The van der Waals surface area contributed by atoms with Crippen LogP contribution in [0.5, 0.6) is 0 Å². The molecule has 0 bridgehead atoms. The van der Waals surface area contributed by atoms with Crippen LogP contribution in [0.3, 0.4) is 0 Å². The van der Waals surface area contributed by atoms with E-state index < -0.39 is 7.53 Å². The van der Waals surface area contributed by atoms with E-state index in [-0.39, 0.29) is 0 Å². The first-order valence-electron chi connectivity index (χ1n) is 26.2. The van der Waals surface area contributed by atoms with Gasteiger partial charge in [-0.3, -0.25) is 9.47 Å². The first-order valence-corrected chi connectivity index (χ1v) is 27.6. The molecule has 0 fully saturated rings. The molecule has 0 spiro atoms. The number of nitrogens with zero attached hydrogens (tertiary/aromatic N) is 5. The van der Waals surface area contributed by atoms with Crippen molar-refractivity contribution < 1.29 is 4.42 Å². The highest BCUT2D eigenvalue weighted by Crippen LogP contribution is 2.56. The number of aromatic nitrogens is 4. The van der Waals surface area contributed by atoms with Gasteiger partial charge in [0.1, 0.15) is 5.76 Å². The van der Waals surface area contributed by atoms with E-state index in [1.807, 2.05) is 36.4 Å². The summed E-state index contributed by atoms with van der Waals surface area (Å²) >= 11 is 0. The molecule has 1 unspecified atom stereocenters. The number of benzene rings is 10. The molecule has 77 heavy (non-hydrogen) atoms. The summed E-state index contributed by atoms with van der Waals surface area (Å²) in [7, 11) is -0.838. The lowest BCUT2D eigenvalue weighted by Crippen LogP contribution is -2.09. The van der Waals surface area contributed by atoms with Crippen molar-refractivity contribution in [3.63, 3.8) is 0 Å². The largest absolute Gasteiger partial charge is 0.440 e. The van der Waals surface area contributed by atoms with Crippen LogP contribution in [0, 0.1) is 6.92 Å². The second kappa shape index (κ2) is 19.6. The Bertz CT molecular complexity index is 4410. The van der Waals surface area contributed by atoms with Gasteiger partial charge in [0.2, 0.25) is 11.8 Å². The predicted octanol–water partition coefficient (Wildman–Crippen LogP) is 19.1. The Hall–Kier alpha value is -9.61. The average Bonchev–Trinajstić information content (AvgIpc) is 4.24. The first kappa shape index (κ1) is 46.0. The van der Waals surface area contributed by atoms with E-state index in [4.69, 9.17) is 19.4 Å². The topological polar surface area (TPSA) is 60.0 Å². The fourth-order valence-electron chi connectivity index (χ4n) is 11.2. The van der Waals surface area contributed by atoms with Crippen LogP contribution in [0.4, 0.5) is 17.3 Å². The predicted molar refractivity (Wildman–Crippen MR) is 321 cm³/mol. The SMILES string of the molecule is Cc1ccccc1-c1ccccc1CCc1cccc(N(c2ccccc2)c2ccc(-c3ccc4c(c3)c3cc5c6ccccc6p(-c6ccccc6)c5cc3n4-c3nc(-c4ccccc4)nc(-c4ccccc4)n3)o2)c1. The zero-order valence-corrected chi connectivity index (χ0v) is 43.2. The van der Waals surface area contributed by atoms with Crippen molar-refractivity contribution in [2.45, 2.75) is 19.8 Å². The van der Waals surface area contributed by atoms with E-state index in [1.165, 1.54) is 54.1 Å². The van der Waals surface area contributed by atoms with Gasteiger partial charge in [0.25, 0.3) is 0 Å². The van der Waals surface area contributed by atoms with Crippen LogP contribution in [-0.4, -0.2) is 19.5 Å². The number of para-hydroxylation sites is 1. The minimum atomic E-state index is -0.838. The number of anilines is 3. The van der Waals surface area contributed by atoms with Crippen molar-refractivity contribution in [3.8, 4) is 56.5 Å². The fourth-order valence-corrected chi connectivity index (χ4v) is 13.8. The second-order valence-electron chi connectivity index (χ2n) is 19.6. The number of rotatable bonds is 12. The Morgan fingerprint density at radius 1 is 0.429 bits per heavy atom. The molecule has 0 radical (unpaired) electrons. The molecule has 0 saturated heterocycles. The van der Waals surface area contributed by atoms with Crippen LogP contribution >= 0.6 is 7.53 Å². The third-order valence-corrected chi connectivity index (χ3v) is 17.4. The van der Waals surface area contributed by atoms with Gasteiger partial charge in [0, 0.05) is 55.1 Å². The molecule has 10 aromatic carbocycles. The Labute approximate surface area is 447 Å². The Balaban J connectivity index is 0.910. The van der Waals surface area contributed by atoms with Crippen LogP contribution < -0.4 is 4.90 Å². The molecule has 14 rings (SSSR count). The summed E-state index contributed by atoms with van der Waals surface area (Å²) in [5, 5.41) is 8.73. The Morgan fingerprint density at radius 3 is 1.82 bits per heavy atom. The number of hydrogen-bond donors (Lipinski definition) is 0. The van der Waals surface area contributed by atoms with E-state index in [9.17, 15) is 0 Å². The molecular formula is C70H50N5OP. The van der Waals surface area contributed by atoms with Gasteiger partial charge in [-0.2, -0.15) is 9.97 Å². The maximum absolute atomic E-state index is 7.04. The number of aryl methyl sites for hydroxylation is 3. The number of furan rings is 1. The molecule has 0 aliphatic rings. The van der Waals surface area contributed by atoms with E-state index in [0.717, 1.165) is 74.4 Å². The van der Waals surface area contributed by atoms with E-state index in [2.05, 4.69) is 241 Å². The van der Waals surface area contributed by atoms with Gasteiger partial charge in [-0.15, -0.1) is 0 Å². The highest BCUT2D eigenvalue weighted by Gasteiger charge is 2.24. The van der Waals surface area contributed by atoms with Crippen molar-refractivity contribution >= 4 is 67.6 Å². The monoisotopic (exact) mass is 1010 g/mol. The summed E-state index contributed by atoms with van der Waals surface area (Å²) in [6.07, 6.45) is 1.81. The summed E-state index contributed by atoms with van der Waals surface area (Å²) in [5.41, 5.74) is 13.4. The lowest BCUT2D eigenvalue weighted by molar-refractivity contribution is 0.588. The van der Waals surface area contributed by atoms with Crippen molar-refractivity contribution in [2.24, 2.45) is 0 Å². The molecule has 1 atom stereocenters. The van der Waals surface area contributed by atoms with E-state index >= 15 is 0 Å². The number of hydrogen-bond acceptors (Lipinski definition) is 5. The summed E-state index contributed by atoms with van der Waals surface area (Å²) in [5.74, 6) is 3.28. The van der Waals surface area contributed by atoms with E-state index in [1.54, 1.807) is 0 Å². The highest BCUT2D eigenvalue weighted by molar-refractivity contribution is 7.68. The maximum atomic E-state index is 7.04. The van der Waals surface area contributed by atoms with Crippen LogP contribution in [0.1, 0.15) is 16.7 Å². The minimum Gasteiger partial charge on any atom is -0.440 e. The molecule has 0 aliphatic carbocycles. The average molecular weight is 1010 g/mol. The molecule has 14 aromatic rings.